The molecule has 1 aliphatic carbocycles. The van der Waals surface area contributed by atoms with Gasteiger partial charge in [-0.25, -0.2) is 23.5 Å². The lowest BCUT2D eigenvalue weighted by atomic mass is 9.82. The van der Waals surface area contributed by atoms with Crippen molar-refractivity contribution in [1.29, 1.82) is 0 Å². The Morgan fingerprint density at radius 3 is 2.47 bits per heavy atom. The molecule has 3 N–H and O–H groups in total. The Labute approximate surface area is 177 Å². The molecule has 0 radical (unpaired) electrons. The number of hydrogen-bond donors (Lipinski definition) is 3. The van der Waals surface area contributed by atoms with Gasteiger partial charge in [-0.1, -0.05) is 0 Å². The molecule has 0 aliphatic heterocycles. The molecule has 1 aliphatic rings. The van der Waals surface area contributed by atoms with Gasteiger partial charge in [0, 0.05) is 22.9 Å². The van der Waals surface area contributed by atoms with E-state index < -0.39 is 47.3 Å². The van der Waals surface area contributed by atoms with Crippen LogP contribution in [0.2, 0.25) is 0 Å². The maximum atomic E-state index is 13.9. The number of aliphatic hydroxyl groups excluding tert-OH is 1. The molecule has 0 saturated heterocycles. The van der Waals surface area contributed by atoms with Gasteiger partial charge in [-0.3, -0.25) is 0 Å². The largest absolute Gasteiger partial charge is 0.455 e. The van der Waals surface area contributed by atoms with E-state index in [9.17, 15) is 31.9 Å². The van der Waals surface area contributed by atoms with Gasteiger partial charge in [-0.2, -0.15) is 13.2 Å². The number of halogens is 5. The third-order valence-corrected chi connectivity index (χ3v) is 5.27. The van der Waals surface area contributed by atoms with Gasteiger partial charge < -0.3 is 20.2 Å². The number of furan rings is 1. The van der Waals surface area contributed by atoms with Gasteiger partial charge in [-0.15, -0.1) is 0 Å². The lowest BCUT2D eigenvalue weighted by Crippen LogP contribution is -2.40. The van der Waals surface area contributed by atoms with Gasteiger partial charge >= 0.3 is 12.2 Å². The molecule has 2 amide bonds. The summed E-state index contributed by atoms with van der Waals surface area (Å²) < 4.78 is 73.6. The first-order valence-electron chi connectivity index (χ1n) is 9.55. The summed E-state index contributed by atoms with van der Waals surface area (Å²) in [7, 11) is 0. The van der Waals surface area contributed by atoms with Crippen LogP contribution in [0.15, 0.2) is 28.9 Å². The SMILES string of the molecule is Cc1c([C@H](NC(=O)Nc2cnc([C@H]3C[C@H](O)C3)nc2)C(F)(F)F)oc2c(F)cc(F)cc12. The Bertz CT molecular complexity index is 1160. The van der Waals surface area contributed by atoms with Crippen LogP contribution in [0.1, 0.15) is 41.9 Å². The molecular formula is C20H17F5N4O3. The van der Waals surface area contributed by atoms with Crippen molar-refractivity contribution in [1.82, 2.24) is 15.3 Å². The Morgan fingerprint density at radius 2 is 1.88 bits per heavy atom. The lowest BCUT2D eigenvalue weighted by molar-refractivity contribution is -0.158. The third kappa shape index (κ3) is 4.22. The van der Waals surface area contributed by atoms with E-state index in [2.05, 4.69) is 15.3 Å². The quantitative estimate of drug-likeness (QED) is 0.503. The van der Waals surface area contributed by atoms with Crippen molar-refractivity contribution in [2.24, 2.45) is 0 Å². The van der Waals surface area contributed by atoms with E-state index in [1.807, 2.05) is 0 Å². The molecule has 1 atom stereocenters. The molecule has 7 nitrogen and oxygen atoms in total. The smallest absolute Gasteiger partial charge is 0.416 e. The van der Waals surface area contributed by atoms with Crippen molar-refractivity contribution in [3.05, 3.63) is 53.3 Å². The predicted molar refractivity (Wildman–Crippen MR) is 102 cm³/mol. The molecule has 0 bridgehead atoms. The van der Waals surface area contributed by atoms with E-state index in [0.717, 1.165) is 6.07 Å². The summed E-state index contributed by atoms with van der Waals surface area (Å²) in [4.78, 5) is 20.3. The molecule has 12 heteroatoms. The number of carbonyl (C=O) groups is 1. The van der Waals surface area contributed by atoms with Crippen LogP contribution in [0.4, 0.5) is 32.4 Å². The third-order valence-electron chi connectivity index (χ3n) is 5.27. The number of aliphatic hydroxyl groups is 1. The van der Waals surface area contributed by atoms with Crippen LogP contribution in [0.25, 0.3) is 11.0 Å². The van der Waals surface area contributed by atoms with Crippen LogP contribution in [0.3, 0.4) is 0 Å². The van der Waals surface area contributed by atoms with Gasteiger partial charge in [0.15, 0.2) is 17.4 Å². The summed E-state index contributed by atoms with van der Waals surface area (Å²) in [5.74, 6) is -2.44. The van der Waals surface area contributed by atoms with Crippen molar-refractivity contribution in [2.75, 3.05) is 5.32 Å². The molecule has 1 aromatic carbocycles. The van der Waals surface area contributed by atoms with Crippen molar-refractivity contribution >= 4 is 22.7 Å². The van der Waals surface area contributed by atoms with Crippen LogP contribution >= 0.6 is 0 Å². The molecule has 32 heavy (non-hydrogen) atoms. The summed E-state index contributed by atoms with van der Waals surface area (Å²) in [6.07, 6.45) is -1.89. The number of urea groups is 1. The standard InChI is InChI=1S/C20H17F5N4O3/c1-8-13-4-10(21)5-14(22)16(13)32-15(8)17(20(23,24)25)29-19(31)28-11-6-26-18(27-7-11)9-2-12(30)3-9/h4-7,9,12,17,30H,2-3H2,1H3,(H2,28,29,31)/t9-,12-,17-/m0/s1. The first-order chi connectivity index (χ1) is 15.0. The molecular weight excluding hydrogens is 439 g/mol. The van der Waals surface area contributed by atoms with Crippen LogP contribution in [0, 0.1) is 18.6 Å². The molecule has 1 saturated carbocycles. The van der Waals surface area contributed by atoms with Crippen LogP contribution < -0.4 is 10.6 Å². The van der Waals surface area contributed by atoms with Crippen LogP contribution in [0.5, 0.6) is 0 Å². The first kappa shape index (κ1) is 21.9. The fraction of sp³-hybridized carbons (Fsp3) is 0.350. The van der Waals surface area contributed by atoms with E-state index in [1.54, 1.807) is 5.32 Å². The van der Waals surface area contributed by atoms with E-state index in [-0.39, 0.29) is 22.6 Å². The minimum atomic E-state index is -4.99. The van der Waals surface area contributed by atoms with Crippen molar-refractivity contribution < 1.29 is 36.3 Å². The number of alkyl halides is 3. The summed E-state index contributed by atoms with van der Waals surface area (Å²) in [6.45, 7) is 1.21. The molecule has 2 aromatic heterocycles. The Kier molecular flexibility index (Phi) is 5.49. The Hall–Kier alpha value is -3.28. The number of anilines is 1. The van der Waals surface area contributed by atoms with Gasteiger partial charge in [0.1, 0.15) is 17.4 Å². The highest BCUT2D eigenvalue weighted by Crippen LogP contribution is 2.39. The number of carbonyl (C=O) groups excluding carboxylic acids is 1. The molecule has 0 spiro atoms. The Morgan fingerprint density at radius 1 is 1.22 bits per heavy atom. The van der Waals surface area contributed by atoms with Crippen molar-refractivity contribution in [2.45, 2.75) is 44.0 Å². The summed E-state index contributed by atoms with van der Waals surface area (Å²) in [6, 6.07) is -2.50. The Balaban J connectivity index is 1.53. The average molecular weight is 456 g/mol. The molecule has 1 fully saturated rings. The van der Waals surface area contributed by atoms with Crippen LogP contribution in [-0.4, -0.2) is 33.4 Å². The molecule has 2 heterocycles. The van der Waals surface area contributed by atoms with Gasteiger partial charge in [-0.05, 0) is 25.8 Å². The van der Waals surface area contributed by atoms with Crippen molar-refractivity contribution in [3.8, 4) is 0 Å². The number of aryl methyl sites for hydroxylation is 1. The second kappa shape index (κ2) is 8.01. The summed E-state index contributed by atoms with van der Waals surface area (Å²) >= 11 is 0. The maximum Gasteiger partial charge on any atom is 0.416 e. The molecule has 170 valence electrons. The highest BCUT2D eigenvalue weighted by molar-refractivity contribution is 5.89. The van der Waals surface area contributed by atoms with E-state index >= 15 is 0 Å². The zero-order chi connectivity index (χ0) is 23.2. The number of nitrogens with zero attached hydrogens (tertiary/aromatic N) is 2. The fourth-order valence-corrected chi connectivity index (χ4v) is 3.54. The van der Waals surface area contributed by atoms with E-state index in [0.29, 0.717) is 24.7 Å². The number of aromatic nitrogens is 2. The normalized spacial score (nSPS) is 19.5. The number of hydrogen-bond acceptors (Lipinski definition) is 5. The number of amides is 2. The second-order valence-corrected chi connectivity index (χ2v) is 7.58. The van der Waals surface area contributed by atoms with Gasteiger partial charge in [0.05, 0.1) is 24.2 Å². The molecule has 4 rings (SSSR count). The zero-order valence-electron chi connectivity index (χ0n) is 16.5. The number of fused-ring (bicyclic) bond motifs is 1. The number of rotatable bonds is 4. The maximum absolute atomic E-state index is 13.9. The second-order valence-electron chi connectivity index (χ2n) is 7.58. The number of nitrogens with one attached hydrogen (secondary N) is 2. The topological polar surface area (TPSA) is 100 Å². The van der Waals surface area contributed by atoms with Crippen molar-refractivity contribution in [3.63, 3.8) is 0 Å². The molecule has 0 unspecified atom stereocenters. The minimum Gasteiger partial charge on any atom is -0.455 e. The average Bonchev–Trinajstić information content (AvgIpc) is 3.00. The van der Waals surface area contributed by atoms with Gasteiger partial charge in [0.25, 0.3) is 0 Å². The highest BCUT2D eigenvalue weighted by atomic mass is 19.4. The first-order valence-corrected chi connectivity index (χ1v) is 9.55. The lowest BCUT2D eigenvalue weighted by Gasteiger charge is -2.29. The summed E-state index contributed by atoms with van der Waals surface area (Å²) in [5, 5.41) is 13.1. The van der Waals surface area contributed by atoms with E-state index in [1.165, 1.54) is 19.3 Å². The summed E-state index contributed by atoms with van der Waals surface area (Å²) in [5.41, 5.74) is -0.654. The monoisotopic (exact) mass is 456 g/mol. The predicted octanol–water partition coefficient (Wildman–Crippen LogP) is 4.47. The highest BCUT2D eigenvalue weighted by Gasteiger charge is 2.45. The van der Waals surface area contributed by atoms with E-state index in [4.69, 9.17) is 4.42 Å². The zero-order valence-corrected chi connectivity index (χ0v) is 16.5. The number of benzene rings is 1. The van der Waals surface area contributed by atoms with Crippen LogP contribution in [-0.2, 0) is 0 Å². The molecule has 3 aromatic rings. The minimum absolute atomic E-state index is 0.0104. The fourth-order valence-electron chi connectivity index (χ4n) is 3.54. The van der Waals surface area contributed by atoms with Gasteiger partial charge in [0.2, 0.25) is 0 Å².